The average Bonchev–Trinajstić information content (AvgIpc) is 2.99. The number of hydrogen-bond donors (Lipinski definition) is 1. The van der Waals surface area contributed by atoms with E-state index in [0.29, 0.717) is 11.5 Å². The SMILES string of the molecule is CCNC(C)C1(Cc2cncc(Br)c2)CC1. The molecule has 16 heavy (non-hydrogen) atoms. The Balaban J connectivity index is 2.04. The average molecular weight is 283 g/mol. The molecule has 0 saturated heterocycles. The highest BCUT2D eigenvalue weighted by atomic mass is 79.9. The van der Waals surface area contributed by atoms with Gasteiger partial charge in [0.15, 0.2) is 0 Å². The van der Waals surface area contributed by atoms with E-state index in [9.17, 15) is 0 Å². The summed E-state index contributed by atoms with van der Waals surface area (Å²) in [4.78, 5) is 4.23. The van der Waals surface area contributed by atoms with Gasteiger partial charge in [0.05, 0.1) is 0 Å². The monoisotopic (exact) mass is 282 g/mol. The van der Waals surface area contributed by atoms with Crippen molar-refractivity contribution in [3.8, 4) is 0 Å². The van der Waals surface area contributed by atoms with Crippen LogP contribution in [0.5, 0.6) is 0 Å². The minimum atomic E-state index is 0.485. The Kier molecular flexibility index (Phi) is 3.65. The first kappa shape index (κ1) is 12.1. The van der Waals surface area contributed by atoms with Crippen molar-refractivity contribution >= 4 is 15.9 Å². The predicted octanol–water partition coefficient (Wildman–Crippen LogP) is 3.16. The van der Waals surface area contributed by atoms with E-state index in [0.717, 1.165) is 17.4 Å². The molecule has 3 heteroatoms. The maximum absolute atomic E-state index is 4.23. The van der Waals surface area contributed by atoms with Crippen molar-refractivity contribution in [2.75, 3.05) is 6.54 Å². The smallest absolute Gasteiger partial charge is 0.0410 e. The highest BCUT2D eigenvalue weighted by Crippen LogP contribution is 2.51. The quantitative estimate of drug-likeness (QED) is 0.897. The van der Waals surface area contributed by atoms with Gasteiger partial charge in [0.1, 0.15) is 0 Å². The van der Waals surface area contributed by atoms with E-state index < -0.39 is 0 Å². The third kappa shape index (κ3) is 2.64. The summed E-state index contributed by atoms with van der Waals surface area (Å²) in [6.45, 7) is 5.54. The number of halogens is 1. The van der Waals surface area contributed by atoms with Crippen LogP contribution in [-0.4, -0.2) is 17.6 Å². The number of pyridine rings is 1. The fraction of sp³-hybridized carbons (Fsp3) is 0.615. The van der Waals surface area contributed by atoms with Gasteiger partial charge in [0.25, 0.3) is 0 Å². The molecule has 0 bridgehead atoms. The second-order valence-electron chi connectivity index (χ2n) is 4.83. The molecule has 0 spiro atoms. The largest absolute Gasteiger partial charge is 0.314 e. The lowest BCUT2D eigenvalue weighted by molar-refractivity contribution is 0.355. The summed E-state index contributed by atoms with van der Waals surface area (Å²) in [7, 11) is 0. The molecule has 1 unspecified atom stereocenters. The van der Waals surface area contributed by atoms with E-state index in [-0.39, 0.29) is 0 Å². The Morgan fingerprint density at radius 3 is 2.81 bits per heavy atom. The van der Waals surface area contributed by atoms with Gasteiger partial charge in [-0.15, -0.1) is 0 Å². The first-order valence-electron chi connectivity index (χ1n) is 5.99. The number of hydrogen-bond acceptors (Lipinski definition) is 2. The molecule has 2 nitrogen and oxygen atoms in total. The van der Waals surface area contributed by atoms with Gasteiger partial charge in [-0.1, -0.05) is 6.92 Å². The molecule has 1 aromatic heterocycles. The lowest BCUT2D eigenvalue weighted by Crippen LogP contribution is -2.35. The molecule has 0 amide bonds. The molecule has 1 heterocycles. The Hall–Kier alpha value is -0.410. The van der Waals surface area contributed by atoms with Gasteiger partial charge in [-0.05, 0) is 65.7 Å². The first-order valence-corrected chi connectivity index (χ1v) is 6.78. The highest BCUT2D eigenvalue weighted by Gasteiger charge is 2.46. The Labute approximate surface area is 106 Å². The molecule has 1 aliphatic rings. The second-order valence-corrected chi connectivity index (χ2v) is 5.75. The van der Waals surface area contributed by atoms with Crippen LogP contribution in [0, 0.1) is 5.41 Å². The van der Waals surface area contributed by atoms with E-state index in [2.05, 4.69) is 46.1 Å². The van der Waals surface area contributed by atoms with E-state index >= 15 is 0 Å². The zero-order valence-electron chi connectivity index (χ0n) is 9.96. The maximum Gasteiger partial charge on any atom is 0.0410 e. The molecular weight excluding hydrogens is 264 g/mol. The molecule has 0 aromatic carbocycles. The predicted molar refractivity (Wildman–Crippen MR) is 70.4 cm³/mol. The molecule has 1 N–H and O–H groups in total. The minimum absolute atomic E-state index is 0.485. The maximum atomic E-state index is 4.23. The molecule has 1 aromatic rings. The van der Waals surface area contributed by atoms with Crippen LogP contribution < -0.4 is 5.32 Å². The third-order valence-corrected chi connectivity index (χ3v) is 4.07. The lowest BCUT2D eigenvalue weighted by Gasteiger charge is -2.24. The summed E-state index contributed by atoms with van der Waals surface area (Å²) >= 11 is 3.48. The first-order chi connectivity index (χ1) is 7.66. The number of rotatable bonds is 5. The van der Waals surface area contributed by atoms with E-state index in [4.69, 9.17) is 0 Å². The standard InChI is InChI=1S/C13H19BrN2/c1-3-16-10(2)13(4-5-13)7-11-6-12(14)9-15-8-11/h6,8-10,16H,3-5,7H2,1-2H3. The number of nitrogens with zero attached hydrogens (tertiary/aromatic N) is 1. The molecule has 1 aliphatic carbocycles. The summed E-state index contributed by atoms with van der Waals surface area (Å²) in [6.07, 6.45) is 7.66. The summed E-state index contributed by atoms with van der Waals surface area (Å²) < 4.78 is 1.08. The molecule has 88 valence electrons. The van der Waals surface area contributed by atoms with E-state index in [1.807, 2.05) is 12.4 Å². The van der Waals surface area contributed by atoms with Gasteiger partial charge in [-0.2, -0.15) is 0 Å². The van der Waals surface area contributed by atoms with Gasteiger partial charge >= 0.3 is 0 Å². The third-order valence-electron chi connectivity index (χ3n) is 3.64. The van der Waals surface area contributed by atoms with Crippen LogP contribution in [-0.2, 0) is 6.42 Å². The molecule has 1 atom stereocenters. The molecule has 1 saturated carbocycles. The van der Waals surface area contributed by atoms with Crippen molar-refractivity contribution in [1.82, 2.24) is 10.3 Å². The van der Waals surface area contributed by atoms with Crippen LogP contribution in [0.3, 0.4) is 0 Å². The Bertz CT molecular complexity index is 361. The van der Waals surface area contributed by atoms with Gasteiger partial charge in [0.2, 0.25) is 0 Å². The van der Waals surface area contributed by atoms with Crippen molar-refractivity contribution < 1.29 is 0 Å². The Morgan fingerprint density at radius 1 is 1.50 bits per heavy atom. The van der Waals surface area contributed by atoms with Crippen LogP contribution in [0.25, 0.3) is 0 Å². The van der Waals surface area contributed by atoms with Crippen LogP contribution in [0.4, 0.5) is 0 Å². The van der Waals surface area contributed by atoms with E-state index in [1.54, 1.807) is 0 Å². The Morgan fingerprint density at radius 2 is 2.25 bits per heavy atom. The minimum Gasteiger partial charge on any atom is -0.314 e. The van der Waals surface area contributed by atoms with Crippen molar-refractivity contribution in [2.24, 2.45) is 5.41 Å². The van der Waals surface area contributed by atoms with Crippen LogP contribution in [0.1, 0.15) is 32.3 Å². The fourth-order valence-electron chi connectivity index (χ4n) is 2.41. The summed E-state index contributed by atoms with van der Waals surface area (Å²) in [6, 6.07) is 2.79. The highest BCUT2D eigenvalue weighted by molar-refractivity contribution is 9.10. The molecule has 0 aliphatic heterocycles. The molecular formula is C13H19BrN2. The zero-order valence-corrected chi connectivity index (χ0v) is 11.5. The molecule has 2 rings (SSSR count). The fourth-order valence-corrected chi connectivity index (χ4v) is 2.82. The topological polar surface area (TPSA) is 24.9 Å². The van der Waals surface area contributed by atoms with Gasteiger partial charge in [-0.3, -0.25) is 4.98 Å². The second kappa shape index (κ2) is 4.84. The van der Waals surface area contributed by atoms with Crippen LogP contribution >= 0.6 is 15.9 Å². The van der Waals surface area contributed by atoms with Crippen molar-refractivity contribution in [2.45, 2.75) is 39.2 Å². The summed E-state index contributed by atoms with van der Waals surface area (Å²) in [5.74, 6) is 0. The number of nitrogens with one attached hydrogen (secondary N) is 1. The zero-order chi connectivity index (χ0) is 11.6. The van der Waals surface area contributed by atoms with Gasteiger partial charge in [0, 0.05) is 22.9 Å². The number of aromatic nitrogens is 1. The van der Waals surface area contributed by atoms with Crippen molar-refractivity contribution in [3.05, 3.63) is 28.5 Å². The normalized spacial score (nSPS) is 19.4. The van der Waals surface area contributed by atoms with Crippen molar-refractivity contribution in [3.63, 3.8) is 0 Å². The summed E-state index contributed by atoms with van der Waals surface area (Å²) in [5, 5.41) is 3.55. The van der Waals surface area contributed by atoms with Crippen LogP contribution in [0.15, 0.2) is 22.9 Å². The molecule has 1 fully saturated rings. The molecule has 0 radical (unpaired) electrons. The summed E-state index contributed by atoms with van der Waals surface area (Å²) in [5.41, 5.74) is 1.83. The van der Waals surface area contributed by atoms with E-state index in [1.165, 1.54) is 18.4 Å². The van der Waals surface area contributed by atoms with Gasteiger partial charge in [-0.25, -0.2) is 0 Å². The van der Waals surface area contributed by atoms with Crippen LogP contribution in [0.2, 0.25) is 0 Å². The van der Waals surface area contributed by atoms with Crippen molar-refractivity contribution in [1.29, 1.82) is 0 Å². The lowest BCUT2D eigenvalue weighted by atomic mass is 9.90. The van der Waals surface area contributed by atoms with Gasteiger partial charge < -0.3 is 5.32 Å².